The largest absolute Gasteiger partial charge is 0.497 e. The highest BCUT2D eigenvalue weighted by Crippen LogP contribution is 2.44. The zero-order valence-electron chi connectivity index (χ0n) is 24.8. The Morgan fingerprint density at radius 1 is 0.975 bits per heavy atom. The number of benzene rings is 2. The van der Waals surface area contributed by atoms with E-state index in [0.717, 1.165) is 48.3 Å². The molecule has 40 heavy (non-hydrogen) atoms. The van der Waals surface area contributed by atoms with Crippen molar-refractivity contribution in [2.24, 2.45) is 17.3 Å². The lowest BCUT2D eigenvalue weighted by Gasteiger charge is -2.51. The summed E-state index contributed by atoms with van der Waals surface area (Å²) in [6.45, 7) is 8.31. The second-order valence-corrected chi connectivity index (χ2v) is 12.2. The summed E-state index contributed by atoms with van der Waals surface area (Å²) >= 11 is 0. The molecular formula is C33H45NO6. The van der Waals surface area contributed by atoms with E-state index < -0.39 is 24.0 Å². The minimum atomic E-state index is -0.948. The predicted octanol–water partition coefficient (Wildman–Crippen LogP) is 5.21. The Kier molecular flexibility index (Phi) is 9.44. The number of aliphatic hydroxyl groups is 1. The Hall–Kier alpha value is -3.06. The van der Waals surface area contributed by atoms with E-state index in [-0.39, 0.29) is 23.5 Å². The number of ether oxygens (including phenoxy) is 3. The summed E-state index contributed by atoms with van der Waals surface area (Å²) in [6, 6.07) is 14.4. The minimum Gasteiger partial charge on any atom is -0.497 e. The van der Waals surface area contributed by atoms with Crippen LogP contribution in [0.4, 0.5) is 0 Å². The van der Waals surface area contributed by atoms with E-state index in [1.54, 1.807) is 26.0 Å². The fraction of sp³-hybridized carbons (Fsp3) is 0.576. The normalized spacial score (nSPS) is 25.5. The maximum absolute atomic E-state index is 13.8. The SMILES string of the molecule is COc1ccc(CC(Cc2ccc(OC)cc2)N2C(=O)[C@H](C(C)O)[C@H]2C(=O)OC2CCCC(C)(C(C)C)C2)cc1. The number of carbonyl (C=O) groups excluding carboxylic acids is 2. The zero-order valence-corrected chi connectivity index (χ0v) is 24.8. The van der Waals surface area contributed by atoms with Crippen molar-refractivity contribution in [1.82, 2.24) is 4.90 Å². The van der Waals surface area contributed by atoms with Crippen LogP contribution < -0.4 is 9.47 Å². The minimum absolute atomic E-state index is 0.118. The Bertz CT molecular complexity index is 1100. The molecule has 0 bridgehead atoms. The van der Waals surface area contributed by atoms with E-state index in [1.165, 1.54) is 0 Å². The Morgan fingerprint density at radius 3 is 1.95 bits per heavy atom. The number of methoxy groups -OCH3 is 2. The van der Waals surface area contributed by atoms with Gasteiger partial charge in [0.2, 0.25) is 5.91 Å². The lowest BCUT2D eigenvalue weighted by Crippen LogP contribution is -2.71. The Balaban J connectivity index is 1.60. The topological polar surface area (TPSA) is 85.3 Å². The van der Waals surface area contributed by atoms with E-state index in [9.17, 15) is 14.7 Å². The average Bonchev–Trinajstić information content (AvgIpc) is 2.92. The first kappa shape index (κ1) is 29.9. The third kappa shape index (κ3) is 6.46. The van der Waals surface area contributed by atoms with Crippen LogP contribution in [0.1, 0.15) is 64.5 Å². The van der Waals surface area contributed by atoms with Crippen molar-refractivity contribution in [1.29, 1.82) is 0 Å². The Labute approximate surface area is 238 Å². The van der Waals surface area contributed by atoms with Crippen molar-refractivity contribution in [3.05, 3.63) is 59.7 Å². The molecule has 5 atom stereocenters. The predicted molar refractivity (Wildman–Crippen MR) is 154 cm³/mol. The molecule has 1 saturated heterocycles. The quantitative estimate of drug-likeness (QED) is 0.305. The number of likely N-dealkylation sites (tertiary alicyclic amines) is 1. The van der Waals surface area contributed by atoms with Gasteiger partial charge in [0.15, 0.2) is 0 Å². The first-order valence-electron chi connectivity index (χ1n) is 14.5. The lowest BCUT2D eigenvalue weighted by atomic mass is 9.67. The Morgan fingerprint density at radius 2 is 1.50 bits per heavy atom. The average molecular weight is 552 g/mol. The fourth-order valence-electron chi connectivity index (χ4n) is 6.33. The molecule has 1 heterocycles. The van der Waals surface area contributed by atoms with Crippen LogP contribution in [-0.2, 0) is 27.2 Å². The van der Waals surface area contributed by atoms with Crippen LogP contribution in [0.25, 0.3) is 0 Å². The van der Waals surface area contributed by atoms with Crippen LogP contribution in [0.5, 0.6) is 11.5 Å². The second kappa shape index (κ2) is 12.6. The zero-order chi connectivity index (χ0) is 29.0. The highest BCUT2D eigenvalue weighted by atomic mass is 16.5. The van der Waals surface area contributed by atoms with Gasteiger partial charge in [0, 0.05) is 6.04 Å². The lowest BCUT2D eigenvalue weighted by molar-refractivity contribution is -0.189. The highest BCUT2D eigenvalue weighted by Gasteiger charge is 2.57. The van der Waals surface area contributed by atoms with Gasteiger partial charge in [-0.25, -0.2) is 4.79 Å². The van der Waals surface area contributed by atoms with Crippen LogP contribution in [0.15, 0.2) is 48.5 Å². The van der Waals surface area contributed by atoms with E-state index in [2.05, 4.69) is 20.8 Å². The van der Waals surface area contributed by atoms with Gasteiger partial charge in [-0.2, -0.15) is 0 Å². The summed E-state index contributed by atoms with van der Waals surface area (Å²) < 4.78 is 16.8. The van der Waals surface area contributed by atoms with Crippen LogP contribution in [0.2, 0.25) is 0 Å². The number of nitrogens with zero attached hydrogens (tertiary/aromatic N) is 1. The summed E-state index contributed by atoms with van der Waals surface area (Å²) in [5, 5.41) is 10.5. The molecular weight excluding hydrogens is 506 g/mol. The standard InChI is InChI=1S/C33H45NO6/c1-21(2)33(4)17-7-8-28(20-33)40-32(37)30-29(22(3)35)31(36)34(30)25(18-23-9-13-26(38-5)14-10-23)19-24-11-15-27(39-6)16-12-24/h9-16,21-22,25,28-30,35H,7-8,17-20H2,1-6H3/t22?,28?,29-,30+,33?/m1/s1. The first-order valence-corrected chi connectivity index (χ1v) is 14.5. The molecule has 3 unspecified atom stereocenters. The molecule has 0 spiro atoms. The van der Waals surface area contributed by atoms with Crippen molar-refractivity contribution in [2.75, 3.05) is 14.2 Å². The van der Waals surface area contributed by atoms with E-state index in [4.69, 9.17) is 14.2 Å². The highest BCUT2D eigenvalue weighted by molar-refractivity contribution is 5.98. The molecule has 1 saturated carbocycles. The molecule has 218 valence electrons. The van der Waals surface area contributed by atoms with Gasteiger partial charge in [-0.3, -0.25) is 4.79 Å². The van der Waals surface area contributed by atoms with Gasteiger partial charge in [-0.1, -0.05) is 45.0 Å². The molecule has 1 N–H and O–H groups in total. The van der Waals surface area contributed by atoms with Gasteiger partial charge in [0.25, 0.3) is 0 Å². The number of hydrogen-bond donors (Lipinski definition) is 1. The maximum Gasteiger partial charge on any atom is 0.330 e. The molecule has 2 aromatic carbocycles. The number of β-lactam (4-membered cyclic amide) rings is 1. The fourth-order valence-corrected chi connectivity index (χ4v) is 6.33. The molecule has 4 rings (SSSR count). The first-order chi connectivity index (χ1) is 19.1. The van der Waals surface area contributed by atoms with Crippen LogP contribution >= 0.6 is 0 Å². The van der Waals surface area contributed by atoms with Crippen molar-refractivity contribution < 1.29 is 28.9 Å². The molecule has 1 aliphatic heterocycles. The van der Waals surface area contributed by atoms with Gasteiger partial charge in [-0.05, 0) is 92.2 Å². The summed E-state index contributed by atoms with van der Waals surface area (Å²) in [5.74, 6) is 0.581. The summed E-state index contributed by atoms with van der Waals surface area (Å²) in [5.41, 5.74) is 2.17. The monoisotopic (exact) mass is 551 g/mol. The second-order valence-electron chi connectivity index (χ2n) is 12.2. The molecule has 0 radical (unpaired) electrons. The number of hydrogen-bond acceptors (Lipinski definition) is 6. The summed E-state index contributed by atoms with van der Waals surface area (Å²) in [7, 11) is 3.26. The van der Waals surface area contributed by atoms with E-state index in [1.807, 2.05) is 48.5 Å². The maximum atomic E-state index is 13.8. The number of amides is 1. The molecule has 7 heteroatoms. The summed E-state index contributed by atoms with van der Waals surface area (Å²) in [6.07, 6.45) is 3.75. The molecule has 7 nitrogen and oxygen atoms in total. The molecule has 2 aromatic rings. The van der Waals surface area contributed by atoms with Crippen LogP contribution in [0.3, 0.4) is 0 Å². The van der Waals surface area contributed by atoms with Crippen molar-refractivity contribution >= 4 is 11.9 Å². The van der Waals surface area contributed by atoms with Gasteiger partial charge in [0.05, 0.1) is 26.2 Å². The number of aliphatic hydroxyl groups excluding tert-OH is 1. The third-order valence-electron chi connectivity index (χ3n) is 9.24. The molecule has 1 amide bonds. The van der Waals surface area contributed by atoms with Crippen LogP contribution in [-0.4, -0.2) is 60.4 Å². The van der Waals surface area contributed by atoms with E-state index >= 15 is 0 Å². The summed E-state index contributed by atoms with van der Waals surface area (Å²) in [4.78, 5) is 29.0. The molecule has 2 aliphatic rings. The smallest absolute Gasteiger partial charge is 0.330 e. The van der Waals surface area contributed by atoms with Crippen molar-refractivity contribution in [2.45, 2.75) is 90.5 Å². The van der Waals surface area contributed by atoms with Crippen LogP contribution in [0, 0.1) is 17.3 Å². The van der Waals surface area contributed by atoms with Gasteiger partial charge in [-0.15, -0.1) is 0 Å². The number of carbonyl (C=O) groups is 2. The van der Waals surface area contributed by atoms with Crippen molar-refractivity contribution in [3.63, 3.8) is 0 Å². The number of rotatable bonds is 11. The molecule has 1 aliphatic carbocycles. The third-order valence-corrected chi connectivity index (χ3v) is 9.24. The van der Waals surface area contributed by atoms with E-state index in [0.29, 0.717) is 18.8 Å². The van der Waals surface area contributed by atoms with Gasteiger partial charge in [0.1, 0.15) is 23.6 Å². The van der Waals surface area contributed by atoms with Gasteiger partial charge >= 0.3 is 5.97 Å². The molecule has 2 fully saturated rings. The molecule has 0 aromatic heterocycles. The van der Waals surface area contributed by atoms with Gasteiger partial charge < -0.3 is 24.2 Å². The van der Waals surface area contributed by atoms with Crippen molar-refractivity contribution in [3.8, 4) is 11.5 Å². The number of esters is 1.